The molecule has 1 saturated heterocycles. The monoisotopic (exact) mass is 480 g/mol. The van der Waals surface area contributed by atoms with Crippen LogP contribution in [0.15, 0.2) is 46.6 Å². The van der Waals surface area contributed by atoms with Gasteiger partial charge in [-0.15, -0.1) is 22.7 Å². The van der Waals surface area contributed by atoms with Crippen molar-refractivity contribution in [2.45, 2.75) is 32.4 Å². The number of carbonyl (C=O) groups is 1. The second kappa shape index (κ2) is 9.46. The fourth-order valence-corrected chi connectivity index (χ4v) is 5.88. The number of carbonyl (C=O) groups excluding carboxylic acids is 1. The topological polar surface area (TPSA) is 96.1 Å². The fourth-order valence-electron chi connectivity index (χ4n) is 3.96. The maximum Gasteiger partial charge on any atom is 0.260 e. The predicted octanol–water partition coefficient (Wildman–Crippen LogP) is 4.54. The number of aryl methyl sites for hydroxylation is 1. The number of para-hydroxylation sites is 1. The minimum Gasteiger partial charge on any atom is -0.377 e. The highest BCUT2D eigenvalue weighted by Crippen LogP contribution is 2.35. The van der Waals surface area contributed by atoms with Crippen LogP contribution < -0.4 is 16.2 Å². The van der Waals surface area contributed by atoms with Crippen molar-refractivity contribution in [2.75, 3.05) is 18.5 Å². The van der Waals surface area contributed by atoms with Gasteiger partial charge in [0, 0.05) is 39.5 Å². The highest BCUT2D eigenvalue weighted by Gasteiger charge is 2.18. The summed E-state index contributed by atoms with van der Waals surface area (Å²) in [4.78, 5) is 36.1. The Kier molecular flexibility index (Phi) is 6.26. The average Bonchev–Trinajstić information content (AvgIpc) is 3.57. The molecular weight excluding hydrogens is 456 g/mol. The quantitative estimate of drug-likeness (QED) is 0.361. The molecule has 33 heavy (non-hydrogen) atoms. The van der Waals surface area contributed by atoms with Crippen LogP contribution in [0.25, 0.3) is 20.7 Å². The van der Waals surface area contributed by atoms with Crippen LogP contribution in [0.3, 0.4) is 0 Å². The van der Waals surface area contributed by atoms with E-state index in [2.05, 4.69) is 33.6 Å². The van der Waals surface area contributed by atoms with E-state index >= 15 is 0 Å². The maximum atomic E-state index is 12.9. The van der Waals surface area contributed by atoms with Crippen LogP contribution in [0.5, 0.6) is 0 Å². The summed E-state index contributed by atoms with van der Waals surface area (Å²) in [6.45, 7) is 3.61. The van der Waals surface area contributed by atoms with Crippen molar-refractivity contribution in [3.05, 3.63) is 68.4 Å². The predicted molar refractivity (Wildman–Crippen MR) is 133 cm³/mol. The number of fused-ring (bicyclic) bond motifs is 1. The molecule has 1 fully saturated rings. The Balaban J connectivity index is 1.32. The minimum absolute atomic E-state index is 0.0869. The number of hydrogen-bond donors (Lipinski definition) is 3. The highest BCUT2D eigenvalue weighted by atomic mass is 32.1. The lowest BCUT2D eigenvalue weighted by Gasteiger charge is -2.14. The standard InChI is InChI=1S/C24H24N4O3S2/c1-14-8-9-19(33-14)17-13-32-24-21(17)23(30)27-20(28-24)12-25-18-7-3-2-6-16(18)22(29)26-11-15-5-4-10-31-15/h2-3,6-9,13,15,25H,4-5,10-12H2,1H3,(H,26,29)(H,27,28,30)/t15-/m0/s1. The molecule has 1 amide bonds. The smallest absolute Gasteiger partial charge is 0.260 e. The summed E-state index contributed by atoms with van der Waals surface area (Å²) in [5.74, 6) is 0.373. The molecule has 7 nitrogen and oxygen atoms in total. The van der Waals surface area contributed by atoms with E-state index in [1.807, 2.05) is 29.6 Å². The van der Waals surface area contributed by atoms with Crippen molar-refractivity contribution in [1.29, 1.82) is 0 Å². The Morgan fingerprint density at radius 3 is 2.94 bits per heavy atom. The molecule has 3 aromatic heterocycles. The second-order valence-corrected chi connectivity index (χ2v) is 10.1. The van der Waals surface area contributed by atoms with Crippen molar-refractivity contribution in [1.82, 2.24) is 15.3 Å². The van der Waals surface area contributed by atoms with Gasteiger partial charge in [-0.3, -0.25) is 9.59 Å². The fraction of sp³-hybridized carbons (Fsp3) is 0.292. The van der Waals surface area contributed by atoms with Crippen LogP contribution in [0.4, 0.5) is 5.69 Å². The normalized spacial score (nSPS) is 15.7. The third-order valence-electron chi connectivity index (χ3n) is 5.63. The summed E-state index contributed by atoms with van der Waals surface area (Å²) in [5, 5.41) is 8.83. The number of nitrogens with one attached hydrogen (secondary N) is 3. The van der Waals surface area contributed by atoms with E-state index in [9.17, 15) is 9.59 Å². The molecule has 0 saturated carbocycles. The summed E-state index contributed by atoms with van der Waals surface area (Å²) in [5.41, 5.74) is 2.01. The van der Waals surface area contributed by atoms with Crippen LogP contribution >= 0.6 is 22.7 Å². The third kappa shape index (κ3) is 4.71. The highest BCUT2D eigenvalue weighted by molar-refractivity contribution is 7.19. The number of nitrogens with zero attached hydrogens (tertiary/aromatic N) is 1. The van der Waals surface area contributed by atoms with Gasteiger partial charge >= 0.3 is 0 Å². The molecule has 3 N–H and O–H groups in total. The Labute approximate surface area is 198 Å². The zero-order valence-corrected chi connectivity index (χ0v) is 19.8. The molecular formula is C24H24N4O3S2. The first-order chi connectivity index (χ1) is 16.1. The lowest BCUT2D eigenvalue weighted by atomic mass is 10.1. The number of aromatic amines is 1. The van der Waals surface area contributed by atoms with E-state index in [0.29, 0.717) is 40.4 Å². The lowest BCUT2D eigenvalue weighted by molar-refractivity contribution is 0.0858. The van der Waals surface area contributed by atoms with E-state index in [1.54, 1.807) is 17.4 Å². The molecule has 0 bridgehead atoms. The first kappa shape index (κ1) is 21.8. The summed E-state index contributed by atoms with van der Waals surface area (Å²) in [6.07, 6.45) is 2.09. The van der Waals surface area contributed by atoms with Gasteiger partial charge in [0.2, 0.25) is 0 Å². The number of thiophene rings is 2. The number of ether oxygens (including phenoxy) is 1. The molecule has 0 spiro atoms. The second-order valence-electron chi connectivity index (χ2n) is 8.00. The average molecular weight is 481 g/mol. The van der Waals surface area contributed by atoms with Gasteiger partial charge < -0.3 is 20.4 Å². The summed E-state index contributed by atoms with van der Waals surface area (Å²) < 4.78 is 5.58. The van der Waals surface area contributed by atoms with Crippen molar-refractivity contribution >= 4 is 44.5 Å². The Hall–Kier alpha value is -3.01. The van der Waals surface area contributed by atoms with Gasteiger partial charge in [-0.1, -0.05) is 12.1 Å². The van der Waals surface area contributed by atoms with Crippen molar-refractivity contribution < 1.29 is 9.53 Å². The zero-order valence-electron chi connectivity index (χ0n) is 18.1. The number of hydrogen-bond acceptors (Lipinski definition) is 7. The summed E-state index contributed by atoms with van der Waals surface area (Å²) in [7, 11) is 0. The lowest BCUT2D eigenvalue weighted by Crippen LogP contribution is -2.32. The number of H-pyrrole nitrogens is 1. The van der Waals surface area contributed by atoms with Gasteiger partial charge in [-0.25, -0.2) is 4.98 Å². The zero-order chi connectivity index (χ0) is 22.8. The van der Waals surface area contributed by atoms with Gasteiger partial charge in [0.15, 0.2) is 0 Å². The Bertz CT molecular complexity index is 1350. The first-order valence-electron chi connectivity index (χ1n) is 10.9. The van der Waals surface area contributed by atoms with Crippen molar-refractivity contribution in [3.8, 4) is 10.4 Å². The molecule has 0 aliphatic carbocycles. The number of aromatic nitrogens is 2. The molecule has 4 heterocycles. The van der Waals surface area contributed by atoms with Gasteiger partial charge in [-0.2, -0.15) is 0 Å². The van der Waals surface area contributed by atoms with Gasteiger partial charge in [0.1, 0.15) is 10.7 Å². The minimum atomic E-state index is -0.153. The third-order valence-corrected chi connectivity index (χ3v) is 7.54. The largest absolute Gasteiger partial charge is 0.377 e. The molecule has 170 valence electrons. The van der Waals surface area contributed by atoms with Crippen LogP contribution in [-0.2, 0) is 11.3 Å². The van der Waals surface area contributed by atoms with E-state index in [4.69, 9.17) is 4.74 Å². The first-order valence-corrected chi connectivity index (χ1v) is 12.6. The number of rotatable bonds is 7. The Morgan fingerprint density at radius 1 is 1.27 bits per heavy atom. The maximum absolute atomic E-state index is 12.9. The molecule has 4 aromatic rings. The number of benzene rings is 1. The van der Waals surface area contributed by atoms with Crippen LogP contribution in [0.2, 0.25) is 0 Å². The molecule has 1 aliphatic rings. The van der Waals surface area contributed by atoms with Crippen molar-refractivity contribution in [3.63, 3.8) is 0 Å². The SMILES string of the molecule is Cc1ccc(-c2csc3nc(CNc4ccccc4C(=O)NC[C@@H]4CCCO4)[nH]c(=O)c23)s1. The van der Waals surface area contributed by atoms with Gasteiger partial charge in [-0.05, 0) is 44.0 Å². The number of amides is 1. The molecule has 1 atom stereocenters. The molecule has 0 unspecified atom stereocenters. The van der Waals surface area contributed by atoms with Crippen LogP contribution in [0.1, 0.15) is 33.9 Å². The summed E-state index contributed by atoms with van der Waals surface area (Å²) >= 11 is 3.13. The summed E-state index contributed by atoms with van der Waals surface area (Å²) in [6, 6.07) is 11.4. The molecule has 1 aliphatic heterocycles. The number of anilines is 1. The molecule has 1 aromatic carbocycles. The van der Waals surface area contributed by atoms with E-state index in [-0.39, 0.29) is 17.6 Å². The van der Waals surface area contributed by atoms with Gasteiger partial charge in [0.25, 0.3) is 11.5 Å². The van der Waals surface area contributed by atoms with E-state index in [0.717, 1.165) is 29.9 Å². The van der Waals surface area contributed by atoms with Crippen molar-refractivity contribution in [2.24, 2.45) is 0 Å². The Morgan fingerprint density at radius 2 is 2.15 bits per heavy atom. The van der Waals surface area contributed by atoms with E-state index in [1.165, 1.54) is 16.2 Å². The van der Waals surface area contributed by atoms with E-state index < -0.39 is 0 Å². The van der Waals surface area contributed by atoms with Crippen LogP contribution in [-0.4, -0.2) is 35.1 Å². The molecule has 5 rings (SSSR count). The molecule has 9 heteroatoms. The molecule has 0 radical (unpaired) electrons. The van der Waals surface area contributed by atoms with Gasteiger partial charge in [0.05, 0.1) is 23.6 Å². The van der Waals surface area contributed by atoms with Crippen LogP contribution in [0, 0.1) is 6.92 Å².